The highest BCUT2D eigenvalue weighted by molar-refractivity contribution is 4.88. The molecule has 0 aromatic rings. The highest BCUT2D eigenvalue weighted by Crippen LogP contribution is 2.34. The van der Waals surface area contributed by atoms with Crippen molar-refractivity contribution in [2.45, 2.75) is 44.8 Å². The third kappa shape index (κ3) is 4.44. The molecule has 1 saturated carbocycles. The van der Waals surface area contributed by atoms with Crippen LogP contribution in [0.15, 0.2) is 12.7 Å². The average Bonchev–Trinajstić information content (AvgIpc) is 2.87. The van der Waals surface area contributed by atoms with Gasteiger partial charge < -0.3 is 10.4 Å². The smallest absolute Gasteiger partial charge is 0.0636 e. The molecular formula is C11H21NO. The van der Waals surface area contributed by atoms with Gasteiger partial charge in [-0.15, -0.1) is 6.58 Å². The highest BCUT2D eigenvalue weighted by atomic mass is 16.3. The van der Waals surface area contributed by atoms with Crippen LogP contribution in [0, 0.1) is 5.92 Å². The van der Waals surface area contributed by atoms with Gasteiger partial charge in [-0.3, -0.25) is 0 Å². The molecule has 2 heteroatoms. The summed E-state index contributed by atoms with van der Waals surface area (Å²) >= 11 is 0. The largest absolute Gasteiger partial charge is 0.392 e. The molecule has 1 fully saturated rings. The zero-order valence-electron chi connectivity index (χ0n) is 8.50. The lowest BCUT2D eigenvalue weighted by Gasteiger charge is -2.18. The minimum absolute atomic E-state index is 0.231. The van der Waals surface area contributed by atoms with Crippen molar-refractivity contribution in [1.82, 2.24) is 5.32 Å². The van der Waals surface area contributed by atoms with E-state index >= 15 is 0 Å². The number of nitrogens with one attached hydrogen (secondary N) is 1. The maximum atomic E-state index is 9.15. The summed E-state index contributed by atoms with van der Waals surface area (Å²) in [6, 6.07) is 0.604. The lowest BCUT2D eigenvalue weighted by atomic mass is 10.1. The van der Waals surface area contributed by atoms with E-state index in [9.17, 15) is 0 Å². The van der Waals surface area contributed by atoms with Gasteiger partial charge in [0.2, 0.25) is 0 Å². The minimum atomic E-state index is -0.231. The molecule has 0 bridgehead atoms. The van der Waals surface area contributed by atoms with Crippen LogP contribution in [-0.2, 0) is 0 Å². The Morgan fingerprint density at radius 3 is 2.77 bits per heavy atom. The van der Waals surface area contributed by atoms with Crippen LogP contribution in [0.5, 0.6) is 0 Å². The Kier molecular flexibility index (Phi) is 4.46. The van der Waals surface area contributed by atoms with Crippen LogP contribution in [0.1, 0.15) is 32.6 Å². The van der Waals surface area contributed by atoms with Crippen molar-refractivity contribution in [2.24, 2.45) is 5.92 Å². The van der Waals surface area contributed by atoms with Gasteiger partial charge in [-0.1, -0.05) is 6.08 Å². The van der Waals surface area contributed by atoms with Crippen LogP contribution in [0.4, 0.5) is 0 Å². The first-order valence-corrected chi connectivity index (χ1v) is 5.26. The van der Waals surface area contributed by atoms with Gasteiger partial charge in [0.1, 0.15) is 0 Å². The molecule has 1 rings (SSSR count). The van der Waals surface area contributed by atoms with Gasteiger partial charge in [0.25, 0.3) is 0 Å². The van der Waals surface area contributed by atoms with E-state index in [1.807, 2.05) is 13.0 Å². The Balaban J connectivity index is 2.17. The maximum Gasteiger partial charge on any atom is 0.0636 e. The molecule has 0 amide bonds. The van der Waals surface area contributed by atoms with Crippen molar-refractivity contribution in [2.75, 3.05) is 6.54 Å². The fourth-order valence-corrected chi connectivity index (χ4v) is 1.62. The van der Waals surface area contributed by atoms with Gasteiger partial charge in [-0.25, -0.2) is 0 Å². The molecule has 1 aliphatic rings. The summed E-state index contributed by atoms with van der Waals surface area (Å²) in [6.07, 6.45) is 6.70. The topological polar surface area (TPSA) is 32.3 Å². The lowest BCUT2D eigenvalue weighted by Crippen LogP contribution is -2.36. The number of aliphatic hydroxyl groups is 1. The molecule has 1 aliphatic carbocycles. The van der Waals surface area contributed by atoms with E-state index in [2.05, 4.69) is 11.9 Å². The summed E-state index contributed by atoms with van der Waals surface area (Å²) in [4.78, 5) is 0. The van der Waals surface area contributed by atoms with Crippen molar-refractivity contribution in [3.63, 3.8) is 0 Å². The summed E-state index contributed by atoms with van der Waals surface area (Å²) in [5, 5.41) is 12.6. The van der Waals surface area contributed by atoms with E-state index in [0.29, 0.717) is 6.04 Å². The van der Waals surface area contributed by atoms with Crippen LogP contribution >= 0.6 is 0 Å². The number of hydrogen-bond donors (Lipinski definition) is 2. The molecule has 0 spiro atoms. The van der Waals surface area contributed by atoms with Gasteiger partial charge in [-0.2, -0.15) is 0 Å². The van der Waals surface area contributed by atoms with Crippen LogP contribution < -0.4 is 5.32 Å². The average molecular weight is 183 g/mol. The first-order chi connectivity index (χ1) is 6.24. The van der Waals surface area contributed by atoms with Crippen molar-refractivity contribution in [1.29, 1.82) is 0 Å². The quantitative estimate of drug-likeness (QED) is 0.589. The predicted octanol–water partition coefficient (Wildman–Crippen LogP) is 1.70. The normalized spacial score (nSPS) is 21.1. The molecule has 0 aromatic carbocycles. The molecule has 2 N–H and O–H groups in total. The van der Waals surface area contributed by atoms with Gasteiger partial charge >= 0.3 is 0 Å². The van der Waals surface area contributed by atoms with E-state index < -0.39 is 0 Å². The zero-order chi connectivity index (χ0) is 9.68. The Hall–Kier alpha value is -0.340. The molecule has 76 valence electrons. The molecule has 0 radical (unpaired) electrons. The standard InChI is InChI=1S/C11H21NO/c1-3-4-5-11(10-6-7-10)12-8-9(2)13/h3,9-13H,1,4-8H2,2H3/t9-,11?/m1/s1. The second-order valence-electron chi connectivity index (χ2n) is 4.07. The van der Waals surface area contributed by atoms with Crippen LogP contribution in [-0.4, -0.2) is 23.8 Å². The van der Waals surface area contributed by atoms with Gasteiger partial charge in [0.15, 0.2) is 0 Å². The molecule has 0 saturated heterocycles. The molecule has 2 nitrogen and oxygen atoms in total. The van der Waals surface area contributed by atoms with Crippen LogP contribution in [0.2, 0.25) is 0 Å². The van der Waals surface area contributed by atoms with Gasteiger partial charge in [-0.05, 0) is 38.5 Å². The highest BCUT2D eigenvalue weighted by Gasteiger charge is 2.30. The van der Waals surface area contributed by atoms with Crippen LogP contribution in [0.25, 0.3) is 0 Å². The Morgan fingerprint density at radius 1 is 1.62 bits per heavy atom. The van der Waals surface area contributed by atoms with Crippen molar-refractivity contribution in [3.05, 3.63) is 12.7 Å². The van der Waals surface area contributed by atoms with E-state index in [1.165, 1.54) is 19.3 Å². The molecule has 1 unspecified atom stereocenters. The SMILES string of the molecule is C=CCCC(NC[C@@H](C)O)C1CC1. The molecule has 0 heterocycles. The summed E-state index contributed by atoms with van der Waals surface area (Å²) in [5.74, 6) is 0.860. The van der Waals surface area contributed by atoms with Crippen molar-refractivity contribution >= 4 is 0 Å². The fourth-order valence-electron chi connectivity index (χ4n) is 1.62. The van der Waals surface area contributed by atoms with Gasteiger partial charge in [0.05, 0.1) is 6.10 Å². The van der Waals surface area contributed by atoms with E-state index in [-0.39, 0.29) is 6.10 Å². The van der Waals surface area contributed by atoms with E-state index in [1.54, 1.807) is 0 Å². The fraction of sp³-hybridized carbons (Fsp3) is 0.818. The Labute approximate surface area is 81.0 Å². The summed E-state index contributed by atoms with van der Waals surface area (Å²) in [7, 11) is 0. The summed E-state index contributed by atoms with van der Waals surface area (Å²) in [5.41, 5.74) is 0. The second kappa shape index (κ2) is 5.40. The number of hydrogen-bond acceptors (Lipinski definition) is 2. The number of aliphatic hydroxyl groups excluding tert-OH is 1. The second-order valence-corrected chi connectivity index (χ2v) is 4.07. The Morgan fingerprint density at radius 2 is 2.31 bits per heavy atom. The van der Waals surface area contributed by atoms with E-state index in [0.717, 1.165) is 18.9 Å². The third-order valence-electron chi connectivity index (χ3n) is 2.55. The Bertz CT molecular complexity index is 152. The molecular weight excluding hydrogens is 162 g/mol. The maximum absolute atomic E-state index is 9.15. The molecule has 0 aromatic heterocycles. The molecule has 2 atom stereocenters. The summed E-state index contributed by atoms with van der Waals surface area (Å²) < 4.78 is 0. The first kappa shape index (κ1) is 10.7. The number of rotatable bonds is 7. The van der Waals surface area contributed by atoms with E-state index in [4.69, 9.17) is 5.11 Å². The van der Waals surface area contributed by atoms with Crippen molar-refractivity contribution < 1.29 is 5.11 Å². The van der Waals surface area contributed by atoms with Crippen molar-refractivity contribution in [3.8, 4) is 0 Å². The minimum Gasteiger partial charge on any atom is -0.392 e. The lowest BCUT2D eigenvalue weighted by molar-refractivity contribution is 0.183. The van der Waals surface area contributed by atoms with Crippen LogP contribution in [0.3, 0.4) is 0 Å². The number of allylic oxidation sites excluding steroid dienone is 1. The third-order valence-corrected chi connectivity index (χ3v) is 2.55. The zero-order valence-corrected chi connectivity index (χ0v) is 8.50. The monoisotopic (exact) mass is 183 g/mol. The molecule has 13 heavy (non-hydrogen) atoms. The predicted molar refractivity (Wildman–Crippen MR) is 55.6 cm³/mol. The molecule has 0 aliphatic heterocycles. The first-order valence-electron chi connectivity index (χ1n) is 5.26. The summed E-state index contributed by atoms with van der Waals surface area (Å²) in [6.45, 7) is 6.27. The van der Waals surface area contributed by atoms with Gasteiger partial charge in [0, 0.05) is 12.6 Å².